The molecule has 8 heteroatoms. The third kappa shape index (κ3) is 6.16. The van der Waals surface area contributed by atoms with Crippen LogP contribution in [-0.2, 0) is 4.79 Å². The summed E-state index contributed by atoms with van der Waals surface area (Å²) in [5, 5.41) is 6.43. The summed E-state index contributed by atoms with van der Waals surface area (Å²) in [4.78, 5) is 24.5. The molecule has 0 aromatic heterocycles. The van der Waals surface area contributed by atoms with Crippen LogP contribution in [-0.4, -0.2) is 31.8 Å². The van der Waals surface area contributed by atoms with Gasteiger partial charge in [0.15, 0.2) is 18.1 Å². The molecule has 0 aliphatic rings. The van der Waals surface area contributed by atoms with Crippen LogP contribution in [0.5, 0.6) is 17.2 Å². The summed E-state index contributed by atoms with van der Waals surface area (Å²) in [6, 6.07) is 24.7. The highest BCUT2D eigenvalue weighted by Gasteiger charge is 2.13. The van der Waals surface area contributed by atoms with Crippen LogP contribution < -0.4 is 19.6 Å². The number of nitrogens with zero attached hydrogens (tertiary/aromatic N) is 1. The molecule has 0 atom stereocenters. The van der Waals surface area contributed by atoms with Crippen molar-refractivity contribution < 1.29 is 23.8 Å². The van der Waals surface area contributed by atoms with Gasteiger partial charge in [-0.2, -0.15) is 5.10 Å². The molecular weight excluding hydrogens is 468 g/mol. The topological polar surface area (TPSA) is 86.2 Å². The quantitative estimate of drug-likeness (QED) is 0.158. The molecule has 0 aliphatic heterocycles. The molecule has 0 unspecified atom stereocenters. The lowest BCUT2D eigenvalue weighted by Crippen LogP contribution is -2.24. The number of fused-ring (bicyclic) bond motifs is 1. The number of carbonyl (C=O) groups is 2. The van der Waals surface area contributed by atoms with E-state index >= 15 is 0 Å². The van der Waals surface area contributed by atoms with Gasteiger partial charge in [0.25, 0.3) is 5.91 Å². The number of nitrogens with one attached hydrogen (secondary N) is 1. The van der Waals surface area contributed by atoms with Crippen molar-refractivity contribution >= 4 is 40.5 Å². The average molecular weight is 489 g/mol. The maximum Gasteiger partial charge on any atom is 0.343 e. The van der Waals surface area contributed by atoms with Crippen molar-refractivity contribution in [1.82, 2.24) is 5.43 Å². The Morgan fingerprint density at radius 3 is 2.49 bits per heavy atom. The largest absolute Gasteiger partial charge is 0.493 e. The van der Waals surface area contributed by atoms with E-state index in [0.717, 1.165) is 10.8 Å². The summed E-state index contributed by atoms with van der Waals surface area (Å²) in [6.45, 7) is -0.186. The zero-order valence-electron chi connectivity index (χ0n) is 18.7. The number of benzene rings is 4. The molecule has 0 saturated heterocycles. The Bertz CT molecular complexity index is 1380. The standard InChI is InChI=1S/C27H21ClN2O5/c1-33-25-15-18(9-14-24(25)35-27(32)20-10-12-21(28)13-11-20)16-29-30-26(31)17-34-23-8-4-6-19-5-2-3-7-22(19)23/h2-16H,17H2,1H3,(H,30,31)/b29-16-. The molecule has 0 spiro atoms. The summed E-state index contributed by atoms with van der Waals surface area (Å²) in [5.74, 6) is 0.254. The Morgan fingerprint density at radius 1 is 0.914 bits per heavy atom. The highest BCUT2D eigenvalue weighted by molar-refractivity contribution is 6.30. The van der Waals surface area contributed by atoms with Gasteiger partial charge in [-0.05, 0) is 59.5 Å². The van der Waals surface area contributed by atoms with Crippen LogP contribution in [0, 0.1) is 0 Å². The Morgan fingerprint density at radius 2 is 1.69 bits per heavy atom. The van der Waals surface area contributed by atoms with Crippen LogP contribution >= 0.6 is 11.6 Å². The Kier molecular flexibility index (Phi) is 7.60. The minimum absolute atomic E-state index is 0.186. The predicted octanol–water partition coefficient (Wildman–Crippen LogP) is 5.25. The van der Waals surface area contributed by atoms with Crippen LogP contribution in [0.15, 0.2) is 90.0 Å². The molecule has 35 heavy (non-hydrogen) atoms. The molecule has 1 amide bonds. The number of halogens is 1. The highest BCUT2D eigenvalue weighted by Crippen LogP contribution is 2.28. The average Bonchev–Trinajstić information content (AvgIpc) is 2.88. The van der Waals surface area contributed by atoms with E-state index in [2.05, 4.69) is 10.5 Å². The number of methoxy groups -OCH3 is 1. The van der Waals surface area contributed by atoms with Gasteiger partial charge in [-0.1, -0.05) is 48.0 Å². The maximum atomic E-state index is 12.4. The number of esters is 1. The molecule has 0 bridgehead atoms. The summed E-state index contributed by atoms with van der Waals surface area (Å²) in [6.07, 6.45) is 1.45. The molecule has 0 fully saturated rings. The van der Waals surface area contributed by atoms with Gasteiger partial charge < -0.3 is 14.2 Å². The van der Waals surface area contributed by atoms with E-state index in [4.69, 9.17) is 25.8 Å². The first-order valence-electron chi connectivity index (χ1n) is 10.6. The molecule has 7 nitrogen and oxygen atoms in total. The van der Waals surface area contributed by atoms with Crippen molar-refractivity contribution in [1.29, 1.82) is 0 Å². The van der Waals surface area contributed by atoms with Crippen molar-refractivity contribution in [3.63, 3.8) is 0 Å². The number of rotatable bonds is 8. The molecule has 0 heterocycles. The lowest BCUT2D eigenvalue weighted by molar-refractivity contribution is -0.123. The van der Waals surface area contributed by atoms with E-state index in [0.29, 0.717) is 27.6 Å². The van der Waals surface area contributed by atoms with Gasteiger partial charge in [0.2, 0.25) is 0 Å². The zero-order valence-corrected chi connectivity index (χ0v) is 19.5. The number of hydrogen-bond donors (Lipinski definition) is 1. The molecule has 176 valence electrons. The van der Waals surface area contributed by atoms with Crippen LogP contribution in [0.2, 0.25) is 5.02 Å². The smallest absolute Gasteiger partial charge is 0.343 e. The summed E-state index contributed by atoms with van der Waals surface area (Å²) >= 11 is 5.85. The van der Waals surface area contributed by atoms with Crippen LogP contribution in [0.1, 0.15) is 15.9 Å². The molecule has 0 saturated carbocycles. The first-order chi connectivity index (χ1) is 17.0. The number of ether oxygens (including phenoxy) is 3. The Balaban J connectivity index is 1.34. The molecular formula is C27H21ClN2O5. The van der Waals surface area contributed by atoms with Gasteiger partial charge in [0, 0.05) is 10.4 Å². The van der Waals surface area contributed by atoms with Gasteiger partial charge in [-0.3, -0.25) is 4.79 Å². The predicted molar refractivity (Wildman–Crippen MR) is 135 cm³/mol. The second kappa shape index (κ2) is 11.2. The van der Waals surface area contributed by atoms with Crippen molar-refractivity contribution in [2.75, 3.05) is 13.7 Å². The first kappa shape index (κ1) is 23.8. The SMILES string of the molecule is COc1cc(/C=N\NC(=O)COc2cccc3ccccc23)ccc1OC(=O)c1ccc(Cl)cc1. The number of hydrogen-bond acceptors (Lipinski definition) is 6. The molecule has 0 aliphatic carbocycles. The van der Waals surface area contributed by atoms with Crippen molar-refractivity contribution in [2.24, 2.45) is 5.10 Å². The summed E-state index contributed by atoms with van der Waals surface area (Å²) in [7, 11) is 1.46. The van der Waals surface area contributed by atoms with E-state index in [1.54, 1.807) is 42.5 Å². The third-order valence-electron chi connectivity index (χ3n) is 4.98. The van der Waals surface area contributed by atoms with Crippen molar-refractivity contribution in [2.45, 2.75) is 0 Å². The Labute approximate surface area is 206 Å². The van der Waals surface area contributed by atoms with Crippen molar-refractivity contribution in [3.05, 3.63) is 101 Å². The van der Waals surface area contributed by atoms with Crippen LogP contribution in [0.25, 0.3) is 10.8 Å². The Hall–Kier alpha value is -4.36. The van der Waals surface area contributed by atoms with Gasteiger partial charge in [0.1, 0.15) is 5.75 Å². The van der Waals surface area contributed by atoms with E-state index in [9.17, 15) is 9.59 Å². The molecule has 1 N–H and O–H groups in total. The van der Waals surface area contributed by atoms with E-state index in [1.165, 1.54) is 13.3 Å². The van der Waals surface area contributed by atoms with Gasteiger partial charge in [0.05, 0.1) is 18.9 Å². The maximum absolute atomic E-state index is 12.4. The first-order valence-corrected chi connectivity index (χ1v) is 11.0. The molecule has 4 aromatic carbocycles. The van der Waals surface area contributed by atoms with Crippen molar-refractivity contribution in [3.8, 4) is 17.2 Å². The number of carbonyl (C=O) groups excluding carboxylic acids is 2. The lowest BCUT2D eigenvalue weighted by Gasteiger charge is -2.10. The summed E-state index contributed by atoms with van der Waals surface area (Å²) in [5.41, 5.74) is 3.41. The second-order valence-electron chi connectivity index (χ2n) is 7.37. The van der Waals surface area contributed by atoms with E-state index in [1.807, 2.05) is 42.5 Å². The van der Waals surface area contributed by atoms with Crippen LogP contribution in [0.4, 0.5) is 0 Å². The second-order valence-corrected chi connectivity index (χ2v) is 7.80. The van der Waals surface area contributed by atoms with E-state index in [-0.39, 0.29) is 12.4 Å². The van der Waals surface area contributed by atoms with Crippen LogP contribution in [0.3, 0.4) is 0 Å². The number of hydrazone groups is 1. The van der Waals surface area contributed by atoms with Gasteiger partial charge >= 0.3 is 5.97 Å². The fraction of sp³-hybridized carbons (Fsp3) is 0.0741. The minimum atomic E-state index is -0.542. The normalized spacial score (nSPS) is 10.8. The summed E-state index contributed by atoms with van der Waals surface area (Å²) < 4.78 is 16.4. The molecule has 0 radical (unpaired) electrons. The fourth-order valence-corrected chi connectivity index (χ4v) is 3.40. The van der Waals surface area contributed by atoms with E-state index < -0.39 is 11.9 Å². The highest BCUT2D eigenvalue weighted by atomic mass is 35.5. The molecule has 4 rings (SSSR count). The van der Waals surface area contributed by atoms with Gasteiger partial charge in [-0.25, -0.2) is 10.2 Å². The zero-order chi connectivity index (χ0) is 24.6. The van der Waals surface area contributed by atoms with Gasteiger partial charge in [-0.15, -0.1) is 0 Å². The molecule has 4 aromatic rings. The third-order valence-corrected chi connectivity index (χ3v) is 5.23. The lowest BCUT2D eigenvalue weighted by atomic mass is 10.1. The fourth-order valence-electron chi connectivity index (χ4n) is 3.27. The minimum Gasteiger partial charge on any atom is -0.493 e. The number of amides is 1. The monoisotopic (exact) mass is 488 g/mol.